The maximum absolute atomic E-state index is 12.2. The molecule has 2 aromatic carbocycles. The van der Waals surface area contributed by atoms with E-state index in [-0.39, 0.29) is 24.8 Å². The molecule has 1 saturated heterocycles. The molecule has 0 bridgehead atoms. The summed E-state index contributed by atoms with van der Waals surface area (Å²) in [4.78, 5) is 13.6. The summed E-state index contributed by atoms with van der Waals surface area (Å²) >= 11 is 0. The number of carbonyl (C=O) groups is 1. The van der Waals surface area contributed by atoms with Gasteiger partial charge in [0.15, 0.2) is 6.10 Å². The Balaban J connectivity index is 1.64. The zero-order valence-electron chi connectivity index (χ0n) is 14.7. The predicted molar refractivity (Wildman–Crippen MR) is 99.5 cm³/mol. The van der Waals surface area contributed by atoms with Crippen LogP contribution in [0.1, 0.15) is 11.1 Å². The van der Waals surface area contributed by atoms with Crippen LogP contribution in [-0.2, 0) is 4.74 Å². The van der Waals surface area contributed by atoms with Gasteiger partial charge in [0, 0.05) is 16.8 Å². The molecule has 1 fully saturated rings. The van der Waals surface area contributed by atoms with Crippen LogP contribution in [-0.4, -0.2) is 47.4 Å². The quantitative estimate of drug-likeness (QED) is 0.251. The van der Waals surface area contributed by atoms with Gasteiger partial charge in [-0.1, -0.05) is 24.3 Å². The summed E-state index contributed by atoms with van der Waals surface area (Å²) in [6, 6.07) is 13.2. The highest BCUT2D eigenvalue weighted by atomic mass is 16.6. The lowest BCUT2D eigenvalue weighted by Crippen LogP contribution is -2.27. The van der Waals surface area contributed by atoms with Crippen molar-refractivity contribution in [3.8, 4) is 5.75 Å². The Morgan fingerprint density at radius 2 is 1.75 bits per heavy atom. The molecule has 0 radical (unpaired) electrons. The maximum atomic E-state index is 12.2. The van der Waals surface area contributed by atoms with Crippen molar-refractivity contribution >= 4 is 23.5 Å². The Morgan fingerprint density at radius 1 is 1.11 bits per heavy atom. The lowest BCUT2D eigenvalue weighted by atomic mass is 10.1. The van der Waals surface area contributed by atoms with Gasteiger partial charge in [-0.05, 0) is 24.3 Å². The lowest BCUT2D eigenvalue weighted by Gasteiger charge is -2.14. The molecule has 1 aliphatic heterocycles. The number of rotatable bonds is 6. The molecule has 146 valence electrons. The maximum Gasteiger partial charge on any atom is 0.414 e. The highest BCUT2D eigenvalue weighted by molar-refractivity contribution is 5.98. The summed E-state index contributed by atoms with van der Waals surface area (Å²) in [7, 11) is 0. The number of amides is 1. The van der Waals surface area contributed by atoms with Crippen molar-refractivity contribution < 1.29 is 24.7 Å². The van der Waals surface area contributed by atoms with E-state index in [0.717, 1.165) is 0 Å². The summed E-state index contributed by atoms with van der Waals surface area (Å²) in [5.41, 5.74) is 4.94. The van der Waals surface area contributed by atoms with E-state index in [4.69, 9.17) is 30.7 Å². The number of ether oxygens (including phenoxy) is 2. The van der Waals surface area contributed by atoms with E-state index >= 15 is 0 Å². The fourth-order valence-electron chi connectivity index (χ4n) is 2.71. The largest absolute Gasteiger partial charge is 0.490 e. The van der Waals surface area contributed by atoms with E-state index in [1.165, 1.54) is 4.90 Å². The molecule has 1 aliphatic rings. The summed E-state index contributed by atoms with van der Waals surface area (Å²) < 4.78 is 11.0. The third-order valence-corrected chi connectivity index (χ3v) is 4.10. The SMILES string of the molecule is N=C(NO)c1cccc(OCC2CN(c3cccc(C(=N)NO)c3)C(=O)O2)c1. The smallest absolute Gasteiger partial charge is 0.414 e. The summed E-state index contributed by atoms with van der Waals surface area (Å²) in [6.07, 6.45) is -1.04. The Hall–Kier alpha value is -3.63. The molecule has 2 aromatic rings. The van der Waals surface area contributed by atoms with Gasteiger partial charge < -0.3 is 9.47 Å². The van der Waals surface area contributed by atoms with Crippen LogP contribution in [0.4, 0.5) is 10.5 Å². The van der Waals surface area contributed by atoms with Crippen LogP contribution in [0.15, 0.2) is 48.5 Å². The molecular formula is C18H19N5O5. The molecule has 0 saturated carbocycles. The summed E-state index contributed by atoms with van der Waals surface area (Å²) in [6.45, 7) is 0.370. The van der Waals surface area contributed by atoms with E-state index in [1.807, 2.05) is 0 Å². The first-order valence-corrected chi connectivity index (χ1v) is 8.31. The molecule has 6 N–H and O–H groups in total. The van der Waals surface area contributed by atoms with Gasteiger partial charge in [-0.25, -0.2) is 4.79 Å². The average Bonchev–Trinajstić information content (AvgIpc) is 3.12. The molecule has 1 heterocycles. The molecule has 0 aliphatic carbocycles. The van der Waals surface area contributed by atoms with Crippen LogP contribution in [0.25, 0.3) is 0 Å². The Labute approximate surface area is 160 Å². The molecule has 1 unspecified atom stereocenters. The van der Waals surface area contributed by atoms with Crippen LogP contribution in [0.3, 0.4) is 0 Å². The van der Waals surface area contributed by atoms with E-state index in [0.29, 0.717) is 22.6 Å². The second-order valence-corrected chi connectivity index (χ2v) is 5.98. The lowest BCUT2D eigenvalue weighted by molar-refractivity contribution is 0.105. The van der Waals surface area contributed by atoms with Gasteiger partial charge >= 0.3 is 6.09 Å². The highest BCUT2D eigenvalue weighted by Crippen LogP contribution is 2.23. The van der Waals surface area contributed by atoms with Gasteiger partial charge in [-0.15, -0.1) is 0 Å². The van der Waals surface area contributed by atoms with Crippen molar-refractivity contribution in [2.75, 3.05) is 18.1 Å². The number of amidine groups is 2. The zero-order valence-corrected chi connectivity index (χ0v) is 14.7. The average molecular weight is 385 g/mol. The monoisotopic (exact) mass is 385 g/mol. The van der Waals surface area contributed by atoms with Crippen molar-refractivity contribution in [1.29, 1.82) is 10.8 Å². The number of anilines is 1. The summed E-state index contributed by atoms with van der Waals surface area (Å²) in [5, 5.41) is 32.8. The van der Waals surface area contributed by atoms with Crippen LogP contribution in [0, 0.1) is 10.8 Å². The minimum Gasteiger partial charge on any atom is -0.490 e. The van der Waals surface area contributed by atoms with Gasteiger partial charge in [0.1, 0.15) is 24.0 Å². The molecular weight excluding hydrogens is 366 g/mol. The number of cyclic esters (lactones) is 1. The first-order valence-electron chi connectivity index (χ1n) is 8.31. The fraction of sp³-hybridized carbons (Fsp3) is 0.167. The van der Waals surface area contributed by atoms with E-state index in [1.54, 1.807) is 59.5 Å². The fourth-order valence-corrected chi connectivity index (χ4v) is 2.71. The van der Waals surface area contributed by atoms with Crippen LogP contribution >= 0.6 is 0 Å². The standard InChI is InChI=1S/C18H19N5O5/c19-16(21-25)11-3-1-5-13(7-11)23-9-15(28-18(23)24)10-27-14-6-2-4-12(8-14)17(20)22-26/h1-8,15,25-26H,9-10H2,(H2,19,21)(H2,20,22). The molecule has 0 aromatic heterocycles. The minimum atomic E-state index is -0.533. The van der Waals surface area contributed by atoms with Gasteiger partial charge in [0.05, 0.1) is 6.54 Å². The van der Waals surface area contributed by atoms with E-state index in [9.17, 15) is 4.79 Å². The molecule has 0 spiro atoms. The van der Waals surface area contributed by atoms with Gasteiger partial charge in [0.2, 0.25) is 0 Å². The highest BCUT2D eigenvalue weighted by Gasteiger charge is 2.33. The second kappa shape index (κ2) is 8.37. The number of hydroxylamine groups is 2. The van der Waals surface area contributed by atoms with Gasteiger partial charge in [0.25, 0.3) is 0 Å². The van der Waals surface area contributed by atoms with E-state index in [2.05, 4.69) is 0 Å². The number of carbonyl (C=O) groups excluding carboxylic acids is 1. The predicted octanol–water partition coefficient (Wildman–Crippen LogP) is 1.70. The Morgan fingerprint density at radius 3 is 2.43 bits per heavy atom. The zero-order chi connectivity index (χ0) is 20.1. The molecule has 1 atom stereocenters. The minimum absolute atomic E-state index is 0.110. The third kappa shape index (κ3) is 4.19. The van der Waals surface area contributed by atoms with Crippen molar-refractivity contribution in [2.24, 2.45) is 0 Å². The first-order chi connectivity index (χ1) is 13.5. The van der Waals surface area contributed by atoms with Crippen molar-refractivity contribution in [1.82, 2.24) is 11.0 Å². The topological polar surface area (TPSA) is 151 Å². The molecule has 3 rings (SSSR count). The number of nitrogens with zero attached hydrogens (tertiary/aromatic N) is 1. The van der Waals surface area contributed by atoms with Crippen LogP contribution < -0.4 is 20.6 Å². The molecule has 10 nitrogen and oxygen atoms in total. The van der Waals surface area contributed by atoms with Crippen LogP contribution in [0.5, 0.6) is 5.75 Å². The van der Waals surface area contributed by atoms with Crippen LogP contribution in [0.2, 0.25) is 0 Å². The summed E-state index contributed by atoms with van der Waals surface area (Å²) in [5.74, 6) is 0.125. The number of hydrogen-bond acceptors (Lipinski definition) is 7. The van der Waals surface area contributed by atoms with Crippen molar-refractivity contribution in [3.63, 3.8) is 0 Å². The second-order valence-electron chi connectivity index (χ2n) is 5.98. The Bertz CT molecular complexity index is 903. The van der Waals surface area contributed by atoms with Crippen molar-refractivity contribution in [2.45, 2.75) is 6.10 Å². The van der Waals surface area contributed by atoms with Gasteiger partial charge in [-0.3, -0.25) is 37.1 Å². The number of hydrogen-bond donors (Lipinski definition) is 6. The van der Waals surface area contributed by atoms with E-state index < -0.39 is 12.2 Å². The molecule has 1 amide bonds. The normalized spacial score (nSPS) is 15.7. The number of nitrogens with one attached hydrogen (secondary N) is 4. The number of benzene rings is 2. The van der Waals surface area contributed by atoms with Crippen molar-refractivity contribution in [3.05, 3.63) is 59.7 Å². The first kappa shape index (κ1) is 19.1. The Kier molecular flexibility index (Phi) is 5.72. The van der Waals surface area contributed by atoms with Gasteiger partial charge in [-0.2, -0.15) is 0 Å². The third-order valence-electron chi connectivity index (χ3n) is 4.10. The molecule has 28 heavy (non-hydrogen) atoms. The molecule has 10 heteroatoms.